The number of benzene rings is 1. The minimum atomic E-state index is 0.0636. The van der Waals surface area contributed by atoms with Gasteiger partial charge in [-0.2, -0.15) is 0 Å². The Bertz CT molecular complexity index is 580. The fourth-order valence-corrected chi connectivity index (χ4v) is 3.10. The molecule has 2 N–H and O–H groups in total. The molecular formula is C15H17N3OS. The lowest BCUT2D eigenvalue weighted by Crippen LogP contribution is -2.27. The number of nitrogens with zero attached hydrogens (tertiary/aromatic N) is 1. The zero-order valence-electron chi connectivity index (χ0n) is 11.3. The van der Waals surface area contributed by atoms with Crippen molar-refractivity contribution >= 4 is 22.9 Å². The van der Waals surface area contributed by atoms with E-state index >= 15 is 0 Å². The molecule has 0 bridgehead atoms. The summed E-state index contributed by atoms with van der Waals surface area (Å²) in [7, 11) is 0. The summed E-state index contributed by atoms with van der Waals surface area (Å²) < 4.78 is 0. The van der Waals surface area contributed by atoms with E-state index in [-0.39, 0.29) is 11.8 Å². The van der Waals surface area contributed by atoms with Crippen molar-refractivity contribution in [1.82, 2.24) is 10.3 Å². The molecule has 1 aliphatic rings. The molecule has 2 heterocycles. The highest BCUT2D eigenvalue weighted by Crippen LogP contribution is 2.24. The van der Waals surface area contributed by atoms with Gasteiger partial charge in [-0.1, -0.05) is 6.92 Å². The van der Waals surface area contributed by atoms with Crippen LogP contribution in [0.25, 0.3) is 10.6 Å². The predicted molar refractivity (Wildman–Crippen MR) is 81.7 cm³/mol. The predicted octanol–water partition coefficient (Wildman–Crippen LogP) is 2.60. The van der Waals surface area contributed by atoms with Gasteiger partial charge in [0, 0.05) is 29.4 Å². The Kier molecular flexibility index (Phi) is 3.80. The second-order valence-electron chi connectivity index (χ2n) is 5.15. The van der Waals surface area contributed by atoms with Crippen molar-refractivity contribution in [2.45, 2.75) is 6.92 Å². The Balaban J connectivity index is 1.68. The van der Waals surface area contributed by atoms with Gasteiger partial charge in [0.2, 0.25) is 5.91 Å². The number of anilines is 1. The van der Waals surface area contributed by atoms with Crippen LogP contribution in [0.1, 0.15) is 6.92 Å². The first-order chi connectivity index (χ1) is 9.74. The van der Waals surface area contributed by atoms with Crippen LogP contribution in [0.4, 0.5) is 5.69 Å². The van der Waals surface area contributed by atoms with Crippen molar-refractivity contribution in [3.05, 3.63) is 35.8 Å². The molecule has 3 rings (SSSR count). The molecule has 20 heavy (non-hydrogen) atoms. The number of hydrogen-bond acceptors (Lipinski definition) is 4. The molecule has 4 nitrogen and oxygen atoms in total. The number of carbonyl (C=O) groups excluding carboxylic acids is 1. The quantitative estimate of drug-likeness (QED) is 0.912. The van der Waals surface area contributed by atoms with Crippen molar-refractivity contribution in [2.24, 2.45) is 11.8 Å². The topological polar surface area (TPSA) is 54.0 Å². The first kappa shape index (κ1) is 13.3. The molecule has 2 aromatic rings. The molecular weight excluding hydrogens is 270 g/mol. The highest BCUT2D eigenvalue weighted by atomic mass is 32.1. The fourth-order valence-electron chi connectivity index (χ4n) is 2.46. The van der Waals surface area contributed by atoms with Crippen molar-refractivity contribution < 1.29 is 4.79 Å². The standard InChI is InChI=1S/C15H17N3OS/c1-10-8-16-9-13(10)14(19)18-12-4-2-11(3-5-12)15-17-6-7-20-15/h2-7,10,13,16H,8-9H2,1H3,(H,18,19)/t10-,13-/m1/s1. The van der Waals surface area contributed by atoms with E-state index in [2.05, 4.69) is 22.5 Å². The van der Waals surface area contributed by atoms with Crippen molar-refractivity contribution in [2.75, 3.05) is 18.4 Å². The van der Waals surface area contributed by atoms with Gasteiger partial charge in [0.1, 0.15) is 5.01 Å². The largest absolute Gasteiger partial charge is 0.326 e. The van der Waals surface area contributed by atoms with Gasteiger partial charge in [0.25, 0.3) is 0 Å². The summed E-state index contributed by atoms with van der Waals surface area (Å²) in [6.07, 6.45) is 1.80. The third-order valence-corrected chi connectivity index (χ3v) is 4.51. The van der Waals surface area contributed by atoms with Crippen molar-refractivity contribution in [3.63, 3.8) is 0 Å². The van der Waals surface area contributed by atoms with Gasteiger partial charge >= 0.3 is 0 Å². The molecule has 1 saturated heterocycles. The van der Waals surface area contributed by atoms with Crippen LogP contribution in [0.15, 0.2) is 35.8 Å². The third kappa shape index (κ3) is 2.73. The summed E-state index contributed by atoms with van der Waals surface area (Å²) in [4.78, 5) is 16.5. The Morgan fingerprint density at radius 1 is 1.35 bits per heavy atom. The number of thiazole rings is 1. The van der Waals surface area contributed by atoms with Gasteiger partial charge in [-0.25, -0.2) is 4.98 Å². The second-order valence-corrected chi connectivity index (χ2v) is 6.04. The second kappa shape index (κ2) is 5.73. The molecule has 1 aromatic heterocycles. The van der Waals surface area contributed by atoms with Gasteiger partial charge in [0.05, 0.1) is 5.92 Å². The van der Waals surface area contributed by atoms with E-state index < -0.39 is 0 Å². The zero-order valence-corrected chi connectivity index (χ0v) is 12.1. The SMILES string of the molecule is C[C@@H]1CNC[C@H]1C(=O)Nc1ccc(-c2nccs2)cc1. The summed E-state index contributed by atoms with van der Waals surface area (Å²) in [6, 6.07) is 7.85. The molecule has 1 aliphatic heterocycles. The summed E-state index contributed by atoms with van der Waals surface area (Å²) in [6.45, 7) is 3.79. The average molecular weight is 287 g/mol. The summed E-state index contributed by atoms with van der Waals surface area (Å²) in [5, 5.41) is 9.19. The van der Waals surface area contributed by atoms with Crippen molar-refractivity contribution in [1.29, 1.82) is 0 Å². The molecule has 2 atom stereocenters. The number of hydrogen-bond donors (Lipinski definition) is 2. The molecule has 0 aliphatic carbocycles. The minimum absolute atomic E-state index is 0.0636. The fraction of sp³-hybridized carbons (Fsp3) is 0.333. The van der Waals surface area contributed by atoms with E-state index in [9.17, 15) is 4.79 Å². The number of nitrogens with one attached hydrogen (secondary N) is 2. The maximum Gasteiger partial charge on any atom is 0.229 e. The molecule has 1 aromatic carbocycles. The van der Waals surface area contributed by atoms with Crippen LogP contribution in [0.5, 0.6) is 0 Å². The van der Waals surface area contributed by atoms with E-state index in [4.69, 9.17) is 0 Å². The lowest BCUT2D eigenvalue weighted by atomic mass is 9.97. The molecule has 104 valence electrons. The van der Waals surface area contributed by atoms with Gasteiger partial charge in [-0.15, -0.1) is 11.3 Å². The molecule has 1 amide bonds. The minimum Gasteiger partial charge on any atom is -0.326 e. The maximum absolute atomic E-state index is 12.2. The molecule has 0 radical (unpaired) electrons. The van der Waals surface area contributed by atoms with Crippen LogP contribution < -0.4 is 10.6 Å². The van der Waals surface area contributed by atoms with Crippen LogP contribution in [0, 0.1) is 11.8 Å². The highest BCUT2D eigenvalue weighted by Gasteiger charge is 2.29. The summed E-state index contributed by atoms with van der Waals surface area (Å²) >= 11 is 1.61. The average Bonchev–Trinajstić information content (AvgIpc) is 3.10. The van der Waals surface area contributed by atoms with E-state index in [0.717, 1.165) is 29.3 Å². The Labute approximate surface area is 122 Å². The zero-order chi connectivity index (χ0) is 13.9. The van der Waals surface area contributed by atoms with E-state index in [1.165, 1.54) is 0 Å². The number of carbonyl (C=O) groups is 1. The first-order valence-electron chi connectivity index (χ1n) is 6.75. The highest BCUT2D eigenvalue weighted by molar-refractivity contribution is 7.13. The van der Waals surface area contributed by atoms with Gasteiger partial charge in [0.15, 0.2) is 0 Å². The smallest absolute Gasteiger partial charge is 0.229 e. The Morgan fingerprint density at radius 2 is 2.15 bits per heavy atom. The van der Waals surface area contributed by atoms with Crippen LogP contribution in [-0.4, -0.2) is 24.0 Å². The summed E-state index contributed by atoms with van der Waals surface area (Å²) in [5.74, 6) is 0.558. The van der Waals surface area contributed by atoms with Crippen molar-refractivity contribution in [3.8, 4) is 10.6 Å². The number of rotatable bonds is 3. The molecule has 0 spiro atoms. The van der Waals surface area contributed by atoms with E-state index in [1.807, 2.05) is 29.6 Å². The molecule has 0 unspecified atom stereocenters. The number of amides is 1. The Morgan fingerprint density at radius 3 is 2.75 bits per heavy atom. The number of aromatic nitrogens is 1. The maximum atomic E-state index is 12.2. The Hall–Kier alpha value is -1.72. The van der Waals surface area contributed by atoms with E-state index in [1.54, 1.807) is 17.5 Å². The van der Waals surface area contributed by atoms with Crippen LogP contribution in [-0.2, 0) is 4.79 Å². The van der Waals surface area contributed by atoms with Crippen LogP contribution >= 0.6 is 11.3 Å². The lowest BCUT2D eigenvalue weighted by molar-refractivity contribution is -0.120. The monoisotopic (exact) mass is 287 g/mol. The third-order valence-electron chi connectivity index (χ3n) is 3.69. The molecule has 5 heteroatoms. The van der Waals surface area contributed by atoms with Gasteiger partial charge in [-0.05, 0) is 36.7 Å². The summed E-state index contributed by atoms with van der Waals surface area (Å²) in [5.41, 5.74) is 1.92. The normalized spacial score (nSPS) is 21.9. The molecule has 0 saturated carbocycles. The first-order valence-corrected chi connectivity index (χ1v) is 7.63. The van der Waals surface area contributed by atoms with Crippen LogP contribution in [0.3, 0.4) is 0 Å². The van der Waals surface area contributed by atoms with Gasteiger partial charge < -0.3 is 10.6 Å². The molecule has 1 fully saturated rings. The van der Waals surface area contributed by atoms with Crippen LogP contribution in [0.2, 0.25) is 0 Å². The van der Waals surface area contributed by atoms with E-state index in [0.29, 0.717) is 5.92 Å². The van der Waals surface area contributed by atoms with Gasteiger partial charge in [-0.3, -0.25) is 4.79 Å². The lowest BCUT2D eigenvalue weighted by Gasteiger charge is -2.14.